The van der Waals surface area contributed by atoms with E-state index in [0.29, 0.717) is 13.2 Å². The Morgan fingerprint density at radius 3 is 2.62 bits per heavy atom. The Balaban J connectivity index is 2.51. The van der Waals surface area contributed by atoms with Gasteiger partial charge in [0.25, 0.3) is 0 Å². The zero-order chi connectivity index (χ0) is 9.26. The van der Waals surface area contributed by atoms with Gasteiger partial charge in [0.2, 0.25) is 0 Å². The van der Waals surface area contributed by atoms with Crippen LogP contribution in [0.25, 0.3) is 0 Å². The molecule has 0 aromatic carbocycles. The van der Waals surface area contributed by atoms with E-state index in [-0.39, 0.29) is 0 Å². The van der Waals surface area contributed by atoms with E-state index in [1.807, 2.05) is 13.8 Å². The highest BCUT2D eigenvalue weighted by Gasteiger charge is 2.20. The number of fused-ring (bicyclic) bond motifs is 1. The largest absolute Gasteiger partial charge is 0.485 e. The maximum Gasteiger partial charge on any atom is 0.188 e. The maximum atomic E-state index is 5.51. The lowest BCUT2D eigenvalue weighted by molar-refractivity contribution is 0.172. The molecule has 2 heterocycles. The molecule has 0 amide bonds. The second kappa shape index (κ2) is 3.31. The molecule has 0 bridgehead atoms. The average Bonchev–Trinajstić information content (AvgIpc) is 2.46. The normalized spacial score (nSPS) is 13.4. The number of hydrogen-bond acceptors (Lipinski definition) is 3. The number of rotatable bonds is 0. The van der Waals surface area contributed by atoms with Gasteiger partial charge in [0.1, 0.15) is 18.1 Å². The highest BCUT2D eigenvalue weighted by Crippen LogP contribution is 2.42. The molecule has 0 spiro atoms. The van der Waals surface area contributed by atoms with Gasteiger partial charge >= 0.3 is 0 Å². The summed E-state index contributed by atoms with van der Waals surface area (Å²) in [5.74, 6) is 7.61. The van der Waals surface area contributed by atoms with Crippen LogP contribution in [-0.2, 0) is 0 Å². The van der Waals surface area contributed by atoms with Gasteiger partial charge in [-0.05, 0) is 13.8 Å². The van der Waals surface area contributed by atoms with E-state index in [9.17, 15) is 0 Å². The summed E-state index contributed by atoms with van der Waals surface area (Å²) in [4.78, 5) is 2.13. The molecule has 1 aliphatic rings. The molecule has 3 heteroatoms. The topological polar surface area (TPSA) is 18.5 Å². The van der Waals surface area contributed by atoms with Crippen LogP contribution in [0.1, 0.15) is 16.7 Å². The minimum atomic E-state index is 0.627. The first kappa shape index (κ1) is 8.46. The molecular formula is C10H10O2S. The summed E-state index contributed by atoms with van der Waals surface area (Å²) >= 11 is 1.63. The van der Waals surface area contributed by atoms with Gasteiger partial charge in [-0.15, -0.1) is 17.3 Å². The van der Waals surface area contributed by atoms with Crippen LogP contribution in [-0.4, -0.2) is 13.2 Å². The van der Waals surface area contributed by atoms with Crippen molar-refractivity contribution in [2.75, 3.05) is 13.2 Å². The third-order valence-electron chi connectivity index (χ3n) is 1.80. The second-order valence-electron chi connectivity index (χ2n) is 2.72. The van der Waals surface area contributed by atoms with Crippen molar-refractivity contribution in [3.8, 4) is 23.3 Å². The van der Waals surface area contributed by atoms with Gasteiger partial charge in [0.05, 0.1) is 0 Å². The van der Waals surface area contributed by atoms with Crippen molar-refractivity contribution < 1.29 is 9.47 Å². The highest BCUT2D eigenvalue weighted by atomic mass is 32.1. The molecule has 2 rings (SSSR count). The summed E-state index contributed by atoms with van der Waals surface area (Å²) in [5, 5.41) is 0. The van der Waals surface area contributed by atoms with E-state index in [1.54, 1.807) is 11.3 Å². The summed E-state index contributed by atoms with van der Waals surface area (Å²) < 4.78 is 11.0. The van der Waals surface area contributed by atoms with Crippen LogP contribution in [0, 0.1) is 18.8 Å². The Bertz CT molecular complexity index is 382. The van der Waals surface area contributed by atoms with Crippen LogP contribution < -0.4 is 9.47 Å². The molecule has 68 valence electrons. The van der Waals surface area contributed by atoms with E-state index >= 15 is 0 Å². The molecule has 0 radical (unpaired) electrons. The lowest BCUT2D eigenvalue weighted by Crippen LogP contribution is -2.14. The Morgan fingerprint density at radius 1 is 1.23 bits per heavy atom. The van der Waals surface area contributed by atoms with Crippen molar-refractivity contribution >= 4 is 11.3 Å². The lowest BCUT2D eigenvalue weighted by atomic mass is 10.3. The van der Waals surface area contributed by atoms with E-state index < -0.39 is 0 Å². The third-order valence-corrected chi connectivity index (χ3v) is 2.79. The Hall–Kier alpha value is -1.14. The molecule has 2 nitrogen and oxygen atoms in total. The SMILES string of the molecule is CC#Cc1sc(C)c2c1OCCO2. The molecule has 1 aliphatic heterocycles. The number of thiophene rings is 1. The van der Waals surface area contributed by atoms with Gasteiger partial charge in [-0.25, -0.2) is 0 Å². The number of ether oxygens (including phenoxy) is 2. The predicted molar refractivity (Wildman–Crippen MR) is 52.6 cm³/mol. The smallest absolute Gasteiger partial charge is 0.188 e. The molecule has 13 heavy (non-hydrogen) atoms. The Morgan fingerprint density at radius 2 is 1.92 bits per heavy atom. The highest BCUT2D eigenvalue weighted by molar-refractivity contribution is 7.13. The van der Waals surface area contributed by atoms with Gasteiger partial charge in [-0.3, -0.25) is 0 Å². The minimum Gasteiger partial charge on any atom is -0.485 e. The van der Waals surface area contributed by atoms with E-state index in [2.05, 4.69) is 11.8 Å². The lowest BCUT2D eigenvalue weighted by Gasteiger charge is -2.15. The molecule has 0 unspecified atom stereocenters. The summed E-state index contributed by atoms with van der Waals surface area (Å²) in [6, 6.07) is 0. The van der Waals surface area contributed by atoms with Crippen LogP contribution in [0.4, 0.5) is 0 Å². The number of aryl methyl sites for hydroxylation is 1. The molecule has 1 aromatic rings. The zero-order valence-electron chi connectivity index (χ0n) is 7.64. The molecular weight excluding hydrogens is 184 g/mol. The van der Waals surface area contributed by atoms with Gasteiger partial charge < -0.3 is 9.47 Å². The fourth-order valence-corrected chi connectivity index (χ4v) is 2.24. The van der Waals surface area contributed by atoms with Crippen LogP contribution >= 0.6 is 11.3 Å². The van der Waals surface area contributed by atoms with Crippen molar-refractivity contribution in [1.82, 2.24) is 0 Å². The van der Waals surface area contributed by atoms with Gasteiger partial charge in [0.15, 0.2) is 11.5 Å². The van der Waals surface area contributed by atoms with Crippen molar-refractivity contribution in [3.05, 3.63) is 9.75 Å². The van der Waals surface area contributed by atoms with Gasteiger partial charge in [-0.1, -0.05) is 5.92 Å². The summed E-state index contributed by atoms with van der Waals surface area (Å²) in [6.45, 7) is 5.12. The second-order valence-corrected chi connectivity index (χ2v) is 3.94. The molecule has 0 saturated heterocycles. The van der Waals surface area contributed by atoms with Crippen molar-refractivity contribution in [1.29, 1.82) is 0 Å². The third kappa shape index (κ3) is 1.38. The van der Waals surface area contributed by atoms with E-state index in [0.717, 1.165) is 21.3 Å². The monoisotopic (exact) mass is 194 g/mol. The van der Waals surface area contributed by atoms with Crippen LogP contribution in [0.2, 0.25) is 0 Å². The van der Waals surface area contributed by atoms with Crippen molar-refractivity contribution in [2.24, 2.45) is 0 Å². The average molecular weight is 194 g/mol. The maximum absolute atomic E-state index is 5.51. The summed E-state index contributed by atoms with van der Waals surface area (Å²) in [5.41, 5.74) is 0. The fourth-order valence-electron chi connectivity index (χ4n) is 1.29. The molecule has 0 fully saturated rings. The van der Waals surface area contributed by atoms with Crippen LogP contribution in [0.5, 0.6) is 11.5 Å². The summed E-state index contributed by atoms with van der Waals surface area (Å²) in [6.07, 6.45) is 0. The van der Waals surface area contributed by atoms with Crippen molar-refractivity contribution in [3.63, 3.8) is 0 Å². The standard InChI is InChI=1S/C10H10O2S/c1-3-4-8-10-9(7(2)13-8)11-5-6-12-10/h5-6H2,1-2H3. The first-order valence-corrected chi connectivity index (χ1v) is 4.96. The van der Waals surface area contributed by atoms with Crippen molar-refractivity contribution in [2.45, 2.75) is 13.8 Å². The number of hydrogen-bond donors (Lipinski definition) is 0. The molecule has 0 N–H and O–H groups in total. The molecule has 0 aliphatic carbocycles. The summed E-state index contributed by atoms with van der Waals surface area (Å²) in [7, 11) is 0. The van der Waals surface area contributed by atoms with Crippen LogP contribution in [0.3, 0.4) is 0 Å². The van der Waals surface area contributed by atoms with Gasteiger partial charge in [-0.2, -0.15) is 0 Å². The molecule has 0 saturated carbocycles. The van der Waals surface area contributed by atoms with E-state index in [1.165, 1.54) is 0 Å². The Kier molecular flexibility index (Phi) is 2.15. The molecule has 1 aromatic heterocycles. The first-order chi connectivity index (χ1) is 6.33. The molecule has 0 atom stereocenters. The predicted octanol–water partition coefficient (Wildman–Crippen LogP) is 2.20. The van der Waals surface area contributed by atoms with Crippen LogP contribution in [0.15, 0.2) is 0 Å². The minimum absolute atomic E-state index is 0.627. The van der Waals surface area contributed by atoms with E-state index in [4.69, 9.17) is 9.47 Å². The quantitative estimate of drug-likeness (QED) is 0.589. The Labute approximate surface area is 81.5 Å². The first-order valence-electron chi connectivity index (χ1n) is 4.14. The fraction of sp³-hybridized carbons (Fsp3) is 0.400. The zero-order valence-corrected chi connectivity index (χ0v) is 8.46. The van der Waals surface area contributed by atoms with Gasteiger partial charge in [0, 0.05) is 4.88 Å².